The summed E-state index contributed by atoms with van der Waals surface area (Å²) in [7, 11) is 0. The number of aliphatic hydroxyl groups excluding tert-OH is 1. The van der Waals surface area contributed by atoms with E-state index < -0.39 is 6.10 Å². The molecule has 1 aliphatic heterocycles. The van der Waals surface area contributed by atoms with Gasteiger partial charge >= 0.3 is 0 Å². The lowest BCUT2D eigenvalue weighted by atomic mass is 10.1. The van der Waals surface area contributed by atoms with Crippen molar-refractivity contribution in [3.63, 3.8) is 0 Å². The zero-order valence-corrected chi connectivity index (χ0v) is 11.6. The van der Waals surface area contributed by atoms with Crippen molar-refractivity contribution in [1.82, 2.24) is 20.3 Å². The molecule has 0 saturated heterocycles. The Morgan fingerprint density at radius 3 is 3.10 bits per heavy atom. The van der Waals surface area contributed by atoms with E-state index in [2.05, 4.69) is 15.6 Å². The number of nitrogens with one attached hydrogen (secondary N) is 1. The van der Waals surface area contributed by atoms with Crippen LogP contribution in [0.15, 0.2) is 30.6 Å². The fourth-order valence-electron chi connectivity index (χ4n) is 2.20. The number of ether oxygens (including phenoxy) is 2. The van der Waals surface area contributed by atoms with Crippen LogP contribution in [0.3, 0.4) is 0 Å². The molecule has 0 radical (unpaired) electrons. The van der Waals surface area contributed by atoms with Gasteiger partial charge in [-0.15, -0.1) is 5.10 Å². The molecule has 0 bridgehead atoms. The number of aliphatic hydroxyl groups is 1. The van der Waals surface area contributed by atoms with Crippen molar-refractivity contribution in [1.29, 1.82) is 0 Å². The summed E-state index contributed by atoms with van der Waals surface area (Å²) in [5, 5.41) is 21.0. The second-order valence-electron chi connectivity index (χ2n) is 4.85. The minimum atomic E-state index is -0.564. The van der Waals surface area contributed by atoms with Crippen LogP contribution in [0.25, 0.3) is 0 Å². The molecule has 0 fully saturated rings. The van der Waals surface area contributed by atoms with Crippen molar-refractivity contribution >= 4 is 0 Å². The summed E-state index contributed by atoms with van der Waals surface area (Å²) in [5.74, 6) is 1.42. The zero-order chi connectivity index (χ0) is 14.5. The van der Waals surface area contributed by atoms with Crippen molar-refractivity contribution in [2.24, 2.45) is 0 Å². The van der Waals surface area contributed by atoms with Gasteiger partial charge in [-0.3, -0.25) is 4.68 Å². The van der Waals surface area contributed by atoms with E-state index in [1.54, 1.807) is 10.9 Å². The average molecular weight is 290 g/mol. The second-order valence-corrected chi connectivity index (χ2v) is 4.85. The molecule has 0 spiro atoms. The van der Waals surface area contributed by atoms with Gasteiger partial charge in [-0.25, -0.2) is 0 Å². The van der Waals surface area contributed by atoms with Crippen molar-refractivity contribution in [2.75, 3.05) is 19.9 Å². The first-order valence-electron chi connectivity index (χ1n) is 6.95. The summed E-state index contributed by atoms with van der Waals surface area (Å²) in [6.45, 7) is 2.36. The molecule has 1 unspecified atom stereocenters. The number of benzene rings is 1. The molecule has 0 amide bonds. The fraction of sp³-hybridized carbons (Fsp3) is 0.429. The van der Waals surface area contributed by atoms with Crippen molar-refractivity contribution in [2.45, 2.75) is 19.1 Å². The predicted molar refractivity (Wildman–Crippen MR) is 75.0 cm³/mol. The number of aromatic nitrogens is 3. The Morgan fingerprint density at radius 1 is 1.33 bits per heavy atom. The number of hydrogen-bond acceptors (Lipinski definition) is 6. The van der Waals surface area contributed by atoms with Crippen LogP contribution in [0.2, 0.25) is 0 Å². The minimum Gasteiger partial charge on any atom is -0.454 e. The Labute approximate surface area is 122 Å². The van der Waals surface area contributed by atoms with Gasteiger partial charge in [-0.1, -0.05) is 11.3 Å². The molecule has 2 N–H and O–H groups in total. The second kappa shape index (κ2) is 6.55. The lowest BCUT2D eigenvalue weighted by Gasteiger charge is -2.12. The van der Waals surface area contributed by atoms with Crippen LogP contribution >= 0.6 is 0 Å². The maximum absolute atomic E-state index is 10.1. The third kappa shape index (κ3) is 3.50. The molecule has 7 heteroatoms. The lowest BCUT2D eigenvalue weighted by molar-refractivity contribution is 0.170. The minimum absolute atomic E-state index is 0.245. The molecule has 21 heavy (non-hydrogen) atoms. The summed E-state index contributed by atoms with van der Waals surface area (Å²) in [6, 6.07) is 5.50. The molecule has 1 aromatic carbocycles. The van der Waals surface area contributed by atoms with E-state index in [0.29, 0.717) is 12.3 Å². The highest BCUT2D eigenvalue weighted by molar-refractivity contribution is 5.45. The van der Waals surface area contributed by atoms with Gasteiger partial charge in [0.1, 0.15) is 0 Å². The molecule has 2 heterocycles. The van der Waals surface area contributed by atoms with Crippen molar-refractivity contribution < 1.29 is 14.6 Å². The van der Waals surface area contributed by atoms with E-state index in [-0.39, 0.29) is 6.79 Å². The number of fused-ring (bicyclic) bond motifs is 1. The molecule has 1 aliphatic rings. The molecule has 1 atom stereocenters. The van der Waals surface area contributed by atoms with Gasteiger partial charge in [-0.05, 0) is 30.7 Å². The Bertz CT molecular complexity index is 574. The highest BCUT2D eigenvalue weighted by Gasteiger charge is 2.16. The normalized spacial score (nSPS) is 14.3. The van der Waals surface area contributed by atoms with Crippen LogP contribution in [-0.4, -0.2) is 40.0 Å². The maximum Gasteiger partial charge on any atom is 0.231 e. The van der Waals surface area contributed by atoms with Gasteiger partial charge in [0, 0.05) is 19.3 Å². The number of aryl methyl sites for hydroxylation is 1. The first-order chi connectivity index (χ1) is 10.3. The molecule has 2 aromatic rings. The van der Waals surface area contributed by atoms with Crippen LogP contribution in [0.5, 0.6) is 11.5 Å². The van der Waals surface area contributed by atoms with Gasteiger partial charge in [-0.2, -0.15) is 0 Å². The first kappa shape index (κ1) is 13.8. The van der Waals surface area contributed by atoms with Gasteiger partial charge in [0.25, 0.3) is 0 Å². The van der Waals surface area contributed by atoms with Gasteiger partial charge in [0.05, 0.1) is 12.3 Å². The molecule has 3 rings (SSSR count). The third-order valence-corrected chi connectivity index (χ3v) is 3.33. The highest BCUT2D eigenvalue weighted by Crippen LogP contribution is 2.33. The smallest absolute Gasteiger partial charge is 0.231 e. The SMILES string of the molecule is OC(CNCCCn1ccnn1)c1ccc2c(c1)OCO2. The van der Waals surface area contributed by atoms with E-state index in [1.165, 1.54) is 0 Å². The molecule has 7 nitrogen and oxygen atoms in total. The van der Waals surface area contributed by atoms with Gasteiger partial charge < -0.3 is 19.9 Å². The van der Waals surface area contributed by atoms with E-state index in [1.807, 2.05) is 24.4 Å². The molecule has 0 aliphatic carbocycles. The van der Waals surface area contributed by atoms with Crippen molar-refractivity contribution in [3.8, 4) is 11.5 Å². The summed E-state index contributed by atoms with van der Waals surface area (Å²) in [6.07, 6.45) is 3.86. The van der Waals surface area contributed by atoms with Crippen LogP contribution in [-0.2, 0) is 6.54 Å². The Morgan fingerprint density at radius 2 is 2.24 bits per heavy atom. The standard InChI is InChI=1S/C14H18N4O3/c19-12(9-15-4-1-6-18-7-5-16-17-18)11-2-3-13-14(8-11)21-10-20-13/h2-3,5,7-8,12,15,19H,1,4,6,9-10H2. The summed E-state index contributed by atoms with van der Waals surface area (Å²) >= 11 is 0. The first-order valence-corrected chi connectivity index (χ1v) is 6.95. The van der Waals surface area contributed by atoms with E-state index in [0.717, 1.165) is 30.8 Å². The Kier molecular flexibility index (Phi) is 4.32. The number of rotatable bonds is 7. The molecular formula is C14H18N4O3. The zero-order valence-electron chi connectivity index (χ0n) is 11.6. The third-order valence-electron chi connectivity index (χ3n) is 3.33. The fourth-order valence-corrected chi connectivity index (χ4v) is 2.20. The topological polar surface area (TPSA) is 81.4 Å². The Balaban J connectivity index is 1.40. The molecule has 0 saturated carbocycles. The molecular weight excluding hydrogens is 272 g/mol. The summed E-state index contributed by atoms with van der Waals surface area (Å²) in [4.78, 5) is 0. The van der Waals surface area contributed by atoms with Crippen LogP contribution < -0.4 is 14.8 Å². The predicted octanol–water partition coefficient (Wildman–Crippen LogP) is 0.720. The number of nitrogens with zero attached hydrogens (tertiary/aromatic N) is 3. The van der Waals surface area contributed by atoms with Crippen LogP contribution in [0.4, 0.5) is 0 Å². The average Bonchev–Trinajstić information content (AvgIpc) is 3.17. The number of hydrogen-bond donors (Lipinski definition) is 2. The van der Waals surface area contributed by atoms with E-state index in [9.17, 15) is 5.11 Å². The van der Waals surface area contributed by atoms with Crippen LogP contribution in [0.1, 0.15) is 18.1 Å². The summed E-state index contributed by atoms with van der Waals surface area (Å²) < 4.78 is 12.3. The van der Waals surface area contributed by atoms with Gasteiger partial charge in [0.2, 0.25) is 6.79 Å². The van der Waals surface area contributed by atoms with Crippen LogP contribution in [0, 0.1) is 0 Å². The summed E-state index contributed by atoms with van der Waals surface area (Å²) in [5.41, 5.74) is 0.822. The van der Waals surface area contributed by atoms with Crippen molar-refractivity contribution in [3.05, 3.63) is 36.2 Å². The lowest BCUT2D eigenvalue weighted by Crippen LogP contribution is -2.23. The largest absolute Gasteiger partial charge is 0.454 e. The van der Waals surface area contributed by atoms with E-state index >= 15 is 0 Å². The van der Waals surface area contributed by atoms with Gasteiger partial charge in [0.15, 0.2) is 11.5 Å². The maximum atomic E-state index is 10.1. The monoisotopic (exact) mass is 290 g/mol. The quantitative estimate of drug-likeness (QED) is 0.731. The van der Waals surface area contributed by atoms with E-state index in [4.69, 9.17) is 9.47 Å². The molecule has 112 valence electrons. The highest BCUT2D eigenvalue weighted by atomic mass is 16.7. The molecule has 1 aromatic heterocycles. The Hall–Kier alpha value is -2.12.